The van der Waals surface area contributed by atoms with E-state index in [1.807, 2.05) is 19.2 Å². The van der Waals surface area contributed by atoms with Gasteiger partial charge in [0.25, 0.3) is 0 Å². The molecule has 0 bridgehead atoms. The van der Waals surface area contributed by atoms with Crippen LogP contribution in [0.3, 0.4) is 0 Å². The molecule has 1 rings (SSSR count). The Labute approximate surface area is 98.2 Å². The van der Waals surface area contributed by atoms with E-state index in [1.54, 1.807) is 0 Å². The molecule has 0 saturated carbocycles. The Balaban J connectivity index is 2.21. The molecule has 0 aromatic carbocycles. The molecule has 0 radical (unpaired) electrons. The Bertz CT molecular complexity index is 289. The van der Waals surface area contributed by atoms with Crippen LogP contribution in [0.4, 0.5) is 0 Å². The number of hydrogen-bond donors (Lipinski definition) is 1. The van der Waals surface area contributed by atoms with Gasteiger partial charge in [-0.3, -0.25) is 4.98 Å². The van der Waals surface area contributed by atoms with E-state index in [0.717, 1.165) is 39.1 Å². The maximum atomic E-state index is 5.28. The van der Waals surface area contributed by atoms with Crippen molar-refractivity contribution in [2.24, 2.45) is 0 Å². The molecule has 1 heterocycles. The highest BCUT2D eigenvalue weighted by molar-refractivity contribution is 5.19. The number of nitrogens with one attached hydrogen (secondary N) is 1. The summed E-state index contributed by atoms with van der Waals surface area (Å²) in [5.74, 6) is 0. The molecule has 1 aromatic heterocycles. The molecule has 1 N–H and O–H groups in total. The van der Waals surface area contributed by atoms with Crippen molar-refractivity contribution in [3.8, 4) is 0 Å². The first-order valence-corrected chi connectivity index (χ1v) is 6.09. The molecule has 0 atom stereocenters. The summed E-state index contributed by atoms with van der Waals surface area (Å²) in [7, 11) is 0. The first-order chi connectivity index (χ1) is 7.88. The zero-order valence-corrected chi connectivity index (χ0v) is 10.3. The highest BCUT2D eigenvalue weighted by atomic mass is 16.5. The van der Waals surface area contributed by atoms with Gasteiger partial charge in [-0.25, -0.2) is 0 Å². The summed E-state index contributed by atoms with van der Waals surface area (Å²) in [4.78, 5) is 4.39. The van der Waals surface area contributed by atoms with Crippen molar-refractivity contribution in [3.63, 3.8) is 0 Å². The van der Waals surface area contributed by atoms with Crippen LogP contribution < -0.4 is 5.32 Å². The van der Waals surface area contributed by atoms with Gasteiger partial charge in [0.05, 0.1) is 5.69 Å². The highest BCUT2D eigenvalue weighted by Gasteiger charge is 1.99. The zero-order valence-electron chi connectivity index (χ0n) is 10.3. The number of pyridine rings is 1. The largest absolute Gasteiger partial charge is 0.382 e. The highest BCUT2D eigenvalue weighted by Crippen LogP contribution is 2.05. The van der Waals surface area contributed by atoms with Gasteiger partial charge in [-0.15, -0.1) is 0 Å². The van der Waals surface area contributed by atoms with Crippen LogP contribution in [0.15, 0.2) is 18.3 Å². The topological polar surface area (TPSA) is 34.1 Å². The van der Waals surface area contributed by atoms with Crippen LogP contribution in [-0.4, -0.2) is 24.7 Å². The van der Waals surface area contributed by atoms with Gasteiger partial charge < -0.3 is 10.1 Å². The van der Waals surface area contributed by atoms with E-state index < -0.39 is 0 Å². The van der Waals surface area contributed by atoms with E-state index in [1.165, 1.54) is 11.3 Å². The van der Waals surface area contributed by atoms with Crippen molar-refractivity contribution in [2.75, 3.05) is 19.8 Å². The van der Waals surface area contributed by atoms with Crippen LogP contribution in [0.5, 0.6) is 0 Å². The molecule has 0 fully saturated rings. The lowest BCUT2D eigenvalue weighted by Gasteiger charge is -2.08. The van der Waals surface area contributed by atoms with Crippen LogP contribution in [0.2, 0.25) is 0 Å². The van der Waals surface area contributed by atoms with Crippen LogP contribution >= 0.6 is 0 Å². The molecule has 0 aliphatic rings. The van der Waals surface area contributed by atoms with Crippen molar-refractivity contribution in [2.45, 2.75) is 33.2 Å². The van der Waals surface area contributed by atoms with Gasteiger partial charge >= 0.3 is 0 Å². The van der Waals surface area contributed by atoms with Crippen molar-refractivity contribution in [3.05, 3.63) is 29.6 Å². The molecule has 0 aliphatic carbocycles. The van der Waals surface area contributed by atoms with E-state index in [4.69, 9.17) is 4.74 Å². The molecule has 90 valence electrons. The van der Waals surface area contributed by atoms with Gasteiger partial charge in [0.1, 0.15) is 0 Å². The number of hydrogen-bond acceptors (Lipinski definition) is 3. The standard InChI is InChI=1S/C13H22N2O/c1-3-12-7-5-9-15-13(12)11-14-8-6-10-16-4-2/h5,7,9,14H,3-4,6,8,10-11H2,1-2H3. The minimum Gasteiger partial charge on any atom is -0.382 e. The molecule has 0 aliphatic heterocycles. The molecule has 0 saturated heterocycles. The summed E-state index contributed by atoms with van der Waals surface area (Å²) < 4.78 is 5.28. The Kier molecular flexibility index (Phi) is 6.77. The molecule has 0 amide bonds. The molecular weight excluding hydrogens is 200 g/mol. The lowest BCUT2D eigenvalue weighted by atomic mass is 10.1. The fraction of sp³-hybridized carbons (Fsp3) is 0.615. The molecule has 1 aromatic rings. The zero-order chi connectivity index (χ0) is 11.6. The van der Waals surface area contributed by atoms with Gasteiger partial charge in [-0.2, -0.15) is 0 Å². The number of nitrogens with zero attached hydrogens (tertiary/aromatic N) is 1. The maximum Gasteiger partial charge on any atom is 0.0573 e. The summed E-state index contributed by atoms with van der Waals surface area (Å²) in [5.41, 5.74) is 2.50. The lowest BCUT2D eigenvalue weighted by Crippen LogP contribution is -2.18. The fourth-order valence-electron chi connectivity index (χ4n) is 1.60. The van der Waals surface area contributed by atoms with Gasteiger partial charge in [0, 0.05) is 26.0 Å². The number of rotatable bonds is 8. The molecule has 3 heteroatoms. The van der Waals surface area contributed by atoms with E-state index in [2.05, 4.69) is 23.3 Å². The third-order valence-electron chi connectivity index (χ3n) is 2.50. The van der Waals surface area contributed by atoms with Crippen molar-refractivity contribution in [1.82, 2.24) is 10.3 Å². The second-order valence-electron chi connectivity index (χ2n) is 3.69. The van der Waals surface area contributed by atoms with Crippen LogP contribution in [0.1, 0.15) is 31.5 Å². The average molecular weight is 222 g/mol. The van der Waals surface area contributed by atoms with E-state index in [9.17, 15) is 0 Å². The molecular formula is C13H22N2O. The van der Waals surface area contributed by atoms with E-state index in [-0.39, 0.29) is 0 Å². The summed E-state index contributed by atoms with van der Waals surface area (Å²) in [6, 6.07) is 4.14. The van der Waals surface area contributed by atoms with Gasteiger partial charge in [0.15, 0.2) is 0 Å². The predicted molar refractivity (Wildman–Crippen MR) is 66.4 cm³/mol. The van der Waals surface area contributed by atoms with Crippen LogP contribution in [-0.2, 0) is 17.7 Å². The first-order valence-electron chi connectivity index (χ1n) is 6.09. The van der Waals surface area contributed by atoms with E-state index in [0.29, 0.717) is 0 Å². The molecule has 16 heavy (non-hydrogen) atoms. The lowest BCUT2D eigenvalue weighted by molar-refractivity contribution is 0.144. The Morgan fingerprint density at radius 3 is 3.00 bits per heavy atom. The minimum absolute atomic E-state index is 0.806. The summed E-state index contributed by atoms with van der Waals surface area (Å²) in [6.07, 6.45) is 3.96. The smallest absolute Gasteiger partial charge is 0.0573 e. The summed E-state index contributed by atoms with van der Waals surface area (Å²) in [5, 5.41) is 3.39. The normalized spacial score (nSPS) is 10.6. The Hall–Kier alpha value is -0.930. The molecule has 0 spiro atoms. The monoisotopic (exact) mass is 222 g/mol. The number of aryl methyl sites for hydroxylation is 1. The van der Waals surface area contributed by atoms with Crippen LogP contribution in [0.25, 0.3) is 0 Å². The number of aromatic nitrogens is 1. The summed E-state index contributed by atoms with van der Waals surface area (Å²) >= 11 is 0. The number of ether oxygens (including phenoxy) is 1. The third-order valence-corrected chi connectivity index (χ3v) is 2.50. The first kappa shape index (κ1) is 13.1. The third kappa shape index (κ3) is 4.73. The molecule has 3 nitrogen and oxygen atoms in total. The average Bonchev–Trinajstić information content (AvgIpc) is 2.34. The summed E-state index contributed by atoms with van der Waals surface area (Å²) in [6.45, 7) is 7.67. The van der Waals surface area contributed by atoms with Crippen molar-refractivity contribution < 1.29 is 4.74 Å². The molecule has 0 unspecified atom stereocenters. The van der Waals surface area contributed by atoms with Gasteiger partial charge in [-0.05, 0) is 37.9 Å². The maximum absolute atomic E-state index is 5.28. The Morgan fingerprint density at radius 1 is 1.38 bits per heavy atom. The second kappa shape index (κ2) is 8.25. The SMILES string of the molecule is CCOCCCNCc1ncccc1CC. The van der Waals surface area contributed by atoms with Crippen LogP contribution in [0, 0.1) is 0 Å². The van der Waals surface area contributed by atoms with E-state index >= 15 is 0 Å². The Morgan fingerprint density at radius 2 is 2.25 bits per heavy atom. The van der Waals surface area contributed by atoms with Crippen molar-refractivity contribution in [1.29, 1.82) is 0 Å². The minimum atomic E-state index is 0.806. The second-order valence-corrected chi connectivity index (χ2v) is 3.69. The predicted octanol–water partition coefficient (Wildman–Crippen LogP) is 2.16. The quantitative estimate of drug-likeness (QED) is 0.684. The van der Waals surface area contributed by atoms with Crippen molar-refractivity contribution >= 4 is 0 Å². The van der Waals surface area contributed by atoms with Gasteiger partial charge in [0.2, 0.25) is 0 Å². The fourth-order valence-corrected chi connectivity index (χ4v) is 1.60. The van der Waals surface area contributed by atoms with Gasteiger partial charge in [-0.1, -0.05) is 13.0 Å².